The Morgan fingerprint density at radius 3 is 1.38 bits per heavy atom. The van der Waals surface area contributed by atoms with Gasteiger partial charge in [0, 0.05) is 7.05 Å². The van der Waals surface area contributed by atoms with Gasteiger partial charge in [0.15, 0.2) is 0 Å². The van der Waals surface area contributed by atoms with Crippen LogP contribution in [0.2, 0.25) is 0 Å². The minimum atomic E-state index is 1.08. The van der Waals surface area contributed by atoms with E-state index in [9.17, 15) is 0 Å². The van der Waals surface area contributed by atoms with Gasteiger partial charge < -0.3 is 5.32 Å². The zero-order chi connectivity index (χ0) is 11.9. The highest BCUT2D eigenvalue weighted by molar-refractivity contribution is 4.49. The van der Waals surface area contributed by atoms with Crippen molar-refractivity contribution in [2.45, 2.75) is 84.0 Å². The molecule has 97 valence electrons. The lowest BCUT2D eigenvalue weighted by Crippen LogP contribution is -2.03. The topological polar surface area (TPSA) is 12.0 Å². The third-order valence-electron chi connectivity index (χ3n) is 3.21. The van der Waals surface area contributed by atoms with Crippen molar-refractivity contribution in [1.82, 2.24) is 5.32 Å². The number of unbranched alkanes of at least 4 members (excludes halogenated alkanes) is 11. The molecule has 0 amide bonds. The monoisotopic (exact) mass is 226 g/mol. The normalized spacial score (nSPS) is 10.9. The number of rotatable bonds is 13. The first-order chi connectivity index (χ1) is 7.91. The molecule has 0 aromatic heterocycles. The summed E-state index contributed by atoms with van der Waals surface area (Å²) in [5.74, 6) is 0. The second-order valence-electron chi connectivity index (χ2n) is 4.89. The van der Waals surface area contributed by atoms with E-state index >= 15 is 0 Å². The minimum Gasteiger partial charge on any atom is -0.315 e. The van der Waals surface area contributed by atoms with Gasteiger partial charge in [-0.2, -0.15) is 0 Å². The maximum Gasteiger partial charge on any atom is 0.00767 e. The second kappa shape index (κ2) is 15.0. The van der Waals surface area contributed by atoms with E-state index in [2.05, 4.69) is 19.3 Å². The molecule has 1 heteroatoms. The summed E-state index contributed by atoms with van der Waals surface area (Å²) in [6.07, 6.45) is 17.1. The van der Waals surface area contributed by atoms with Crippen LogP contribution in [0.25, 0.3) is 0 Å². The summed E-state index contributed by atoms with van der Waals surface area (Å²) in [5.41, 5.74) is 0. The predicted molar refractivity (Wildman–Crippen MR) is 74.4 cm³/mol. The van der Waals surface area contributed by atoms with Crippen LogP contribution in [0.15, 0.2) is 0 Å². The zero-order valence-corrected chi connectivity index (χ0v) is 11.4. The van der Waals surface area contributed by atoms with E-state index in [1.807, 2.05) is 0 Å². The Morgan fingerprint density at radius 2 is 1.00 bits per heavy atom. The molecule has 1 radical (unpaired) electrons. The molecule has 0 unspecified atom stereocenters. The standard InChI is InChI=1S/C15H32N/c1-3-4-5-6-7-8-9-10-11-12-13-14-15-16-2/h16H,2-15H2,1H3. The molecule has 0 spiro atoms. The summed E-state index contributed by atoms with van der Waals surface area (Å²) in [5, 5.41) is 2.95. The maximum absolute atomic E-state index is 3.62. The van der Waals surface area contributed by atoms with Gasteiger partial charge in [-0.05, 0) is 13.0 Å². The van der Waals surface area contributed by atoms with Crippen LogP contribution in [-0.4, -0.2) is 6.54 Å². The van der Waals surface area contributed by atoms with Crippen molar-refractivity contribution in [2.75, 3.05) is 6.54 Å². The highest BCUT2D eigenvalue weighted by Crippen LogP contribution is 2.11. The summed E-state index contributed by atoms with van der Waals surface area (Å²) in [4.78, 5) is 0. The van der Waals surface area contributed by atoms with Gasteiger partial charge in [-0.25, -0.2) is 0 Å². The van der Waals surface area contributed by atoms with Crippen molar-refractivity contribution in [3.63, 3.8) is 0 Å². The van der Waals surface area contributed by atoms with E-state index in [1.54, 1.807) is 0 Å². The number of hydrogen-bond acceptors (Lipinski definition) is 1. The van der Waals surface area contributed by atoms with Gasteiger partial charge in [-0.3, -0.25) is 0 Å². The third kappa shape index (κ3) is 14.0. The van der Waals surface area contributed by atoms with Crippen LogP contribution in [0, 0.1) is 7.05 Å². The Bertz CT molecular complexity index is 98.0. The van der Waals surface area contributed by atoms with Gasteiger partial charge in [0.25, 0.3) is 0 Å². The fraction of sp³-hybridized carbons (Fsp3) is 0.933. The summed E-state index contributed by atoms with van der Waals surface area (Å²) in [7, 11) is 3.62. The van der Waals surface area contributed by atoms with E-state index in [0.29, 0.717) is 0 Å². The summed E-state index contributed by atoms with van der Waals surface area (Å²) < 4.78 is 0. The first-order valence-electron chi connectivity index (χ1n) is 7.41. The lowest BCUT2D eigenvalue weighted by Gasteiger charge is -2.02. The average molecular weight is 226 g/mol. The van der Waals surface area contributed by atoms with Gasteiger partial charge >= 0.3 is 0 Å². The van der Waals surface area contributed by atoms with Crippen LogP contribution in [0.4, 0.5) is 0 Å². The van der Waals surface area contributed by atoms with Crippen molar-refractivity contribution in [3.05, 3.63) is 7.05 Å². The number of hydrogen-bond donors (Lipinski definition) is 1. The molecule has 0 rings (SSSR count). The summed E-state index contributed by atoms with van der Waals surface area (Å²) in [6, 6.07) is 0. The highest BCUT2D eigenvalue weighted by Gasteiger charge is 1.92. The Hall–Kier alpha value is -0.0400. The van der Waals surface area contributed by atoms with E-state index in [0.717, 1.165) is 6.54 Å². The van der Waals surface area contributed by atoms with Gasteiger partial charge in [0.1, 0.15) is 0 Å². The molecule has 0 aromatic rings. The Labute approximate surface area is 103 Å². The van der Waals surface area contributed by atoms with Crippen molar-refractivity contribution < 1.29 is 0 Å². The second-order valence-corrected chi connectivity index (χ2v) is 4.89. The highest BCUT2D eigenvalue weighted by atomic mass is 14.8. The van der Waals surface area contributed by atoms with Crippen LogP contribution in [0.1, 0.15) is 84.0 Å². The third-order valence-corrected chi connectivity index (χ3v) is 3.21. The predicted octanol–water partition coefficient (Wildman–Crippen LogP) is 5.07. The van der Waals surface area contributed by atoms with Gasteiger partial charge in [0.2, 0.25) is 0 Å². The van der Waals surface area contributed by atoms with Crippen LogP contribution in [0.5, 0.6) is 0 Å². The molecule has 0 aliphatic heterocycles. The van der Waals surface area contributed by atoms with Crippen LogP contribution < -0.4 is 5.32 Å². The number of nitrogens with one attached hydrogen (secondary N) is 1. The molecule has 1 nitrogen and oxygen atoms in total. The molecular formula is C15H32N. The first-order valence-corrected chi connectivity index (χ1v) is 7.41. The smallest absolute Gasteiger partial charge is 0.00767 e. The van der Waals surface area contributed by atoms with E-state index in [1.165, 1.54) is 77.0 Å². The molecule has 0 fully saturated rings. The largest absolute Gasteiger partial charge is 0.315 e. The molecule has 0 aromatic carbocycles. The van der Waals surface area contributed by atoms with Crippen LogP contribution in [0.3, 0.4) is 0 Å². The lowest BCUT2D eigenvalue weighted by molar-refractivity contribution is 0.542. The molecule has 1 N–H and O–H groups in total. The quantitative estimate of drug-likeness (QED) is 0.432. The Kier molecular flexibility index (Phi) is 14.9. The SMILES string of the molecule is [CH2]NCCCCCCCCCCCCCC. The molecule has 16 heavy (non-hydrogen) atoms. The molecule has 0 bridgehead atoms. The van der Waals surface area contributed by atoms with Gasteiger partial charge in [0.05, 0.1) is 0 Å². The summed E-state index contributed by atoms with van der Waals surface area (Å²) >= 11 is 0. The first kappa shape index (κ1) is 16.0. The molecule has 0 heterocycles. The van der Waals surface area contributed by atoms with Crippen molar-refractivity contribution >= 4 is 0 Å². The molecule has 0 atom stereocenters. The Morgan fingerprint density at radius 1 is 0.625 bits per heavy atom. The van der Waals surface area contributed by atoms with E-state index in [4.69, 9.17) is 0 Å². The molecule has 0 aliphatic carbocycles. The molecule has 0 saturated carbocycles. The summed E-state index contributed by atoms with van der Waals surface area (Å²) in [6.45, 7) is 3.36. The van der Waals surface area contributed by atoms with Gasteiger partial charge in [-0.15, -0.1) is 0 Å². The molecule has 0 saturated heterocycles. The molecule has 0 aliphatic rings. The maximum atomic E-state index is 3.62. The average Bonchev–Trinajstić information content (AvgIpc) is 2.31. The van der Waals surface area contributed by atoms with Crippen molar-refractivity contribution in [1.29, 1.82) is 0 Å². The van der Waals surface area contributed by atoms with Crippen LogP contribution >= 0.6 is 0 Å². The fourth-order valence-corrected chi connectivity index (χ4v) is 2.09. The molecular weight excluding hydrogens is 194 g/mol. The van der Waals surface area contributed by atoms with E-state index in [-0.39, 0.29) is 0 Å². The Balaban J connectivity index is 2.83. The fourth-order valence-electron chi connectivity index (χ4n) is 2.09. The lowest BCUT2D eigenvalue weighted by atomic mass is 10.1. The van der Waals surface area contributed by atoms with Crippen molar-refractivity contribution in [2.24, 2.45) is 0 Å². The van der Waals surface area contributed by atoms with Crippen molar-refractivity contribution in [3.8, 4) is 0 Å². The van der Waals surface area contributed by atoms with Gasteiger partial charge in [-0.1, -0.05) is 77.6 Å². The zero-order valence-electron chi connectivity index (χ0n) is 11.4. The minimum absolute atomic E-state index is 1.08. The van der Waals surface area contributed by atoms with E-state index < -0.39 is 0 Å². The van der Waals surface area contributed by atoms with Crippen LogP contribution in [-0.2, 0) is 0 Å².